The van der Waals surface area contributed by atoms with Gasteiger partial charge in [0.2, 0.25) is 0 Å². The number of hydrogen-bond acceptors (Lipinski definition) is 5. The summed E-state index contributed by atoms with van der Waals surface area (Å²) in [6.07, 6.45) is 1.92. The van der Waals surface area contributed by atoms with Gasteiger partial charge in [0.25, 0.3) is 5.56 Å². The zero-order chi connectivity index (χ0) is 17.3. The maximum Gasteiger partial charge on any atom is 0.292 e. The minimum absolute atomic E-state index is 0.178. The highest BCUT2D eigenvalue weighted by molar-refractivity contribution is 7.99. The number of thioether (sulfide) groups is 1. The van der Waals surface area contributed by atoms with Crippen molar-refractivity contribution in [3.05, 3.63) is 51.4 Å². The molecule has 0 saturated carbocycles. The van der Waals surface area contributed by atoms with E-state index in [1.165, 1.54) is 6.20 Å². The molecule has 9 heteroatoms. The lowest BCUT2D eigenvalue weighted by molar-refractivity contribution is 0.0820. The first kappa shape index (κ1) is 17.2. The Kier molecular flexibility index (Phi) is 4.80. The van der Waals surface area contributed by atoms with Crippen molar-refractivity contribution in [1.82, 2.24) is 9.78 Å². The molecule has 1 aliphatic heterocycles. The minimum Gasteiger partial charge on any atom is -0.387 e. The van der Waals surface area contributed by atoms with E-state index in [0.29, 0.717) is 18.2 Å². The molecular weight excluding hydrogens is 360 g/mol. The molecule has 2 heterocycles. The molecule has 1 atom stereocenters. The summed E-state index contributed by atoms with van der Waals surface area (Å²) in [7, 11) is 0. The first-order valence-electron chi connectivity index (χ1n) is 7.17. The largest absolute Gasteiger partial charge is 0.387 e. The van der Waals surface area contributed by atoms with Crippen LogP contribution >= 0.6 is 23.4 Å². The van der Waals surface area contributed by atoms with Crippen LogP contribution in [0.3, 0.4) is 0 Å². The molecule has 5 nitrogen and oxygen atoms in total. The minimum atomic E-state index is -0.918. The van der Waals surface area contributed by atoms with E-state index >= 15 is 0 Å². The van der Waals surface area contributed by atoms with Gasteiger partial charge in [0.05, 0.1) is 17.5 Å². The van der Waals surface area contributed by atoms with Crippen molar-refractivity contribution in [3.63, 3.8) is 0 Å². The topological polar surface area (TPSA) is 67.2 Å². The summed E-state index contributed by atoms with van der Waals surface area (Å²) in [5.74, 6) is -0.201. The molecule has 0 radical (unpaired) electrons. The Morgan fingerprint density at radius 3 is 2.92 bits per heavy atom. The molecule has 1 fully saturated rings. The van der Waals surface area contributed by atoms with Crippen molar-refractivity contribution in [3.8, 4) is 5.69 Å². The highest BCUT2D eigenvalue weighted by Gasteiger charge is 2.31. The van der Waals surface area contributed by atoms with Gasteiger partial charge in [0.1, 0.15) is 16.5 Å². The summed E-state index contributed by atoms with van der Waals surface area (Å²) >= 11 is 7.69. The second-order valence-corrected chi connectivity index (χ2v) is 7.05. The number of halogens is 3. The number of aromatic nitrogens is 2. The monoisotopic (exact) mass is 373 g/mol. The Labute approximate surface area is 145 Å². The Hall–Kier alpha value is -1.64. The third kappa shape index (κ3) is 3.40. The molecule has 0 aliphatic carbocycles. The second-order valence-electron chi connectivity index (χ2n) is 5.57. The van der Waals surface area contributed by atoms with Crippen LogP contribution in [0.15, 0.2) is 29.2 Å². The van der Waals surface area contributed by atoms with Gasteiger partial charge in [-0.1, -0.05) is 11.6 Å². The molecule has 0 bridgehead atoms. The van der Waals surface area contributed by atoms with Crippen LogP contribution in [0.1, 0.15) is 6.42 Å². The van der Waals surface area contributed by atoms with Crippen molar-refractivity contribution in [1.29, 1.82) is 0 Å². The lowest BCUT2D eigenvalue weighted by Gasteiger charge is -2.22. The summed E-state index contributed by atoms with van der Waals surface area (Å²) < 4.78 is 27.6. The Morgan fingerprint density at radius 1 is 1.46 bits per heavy atom. The lowest BCUT2D eigenvalue weighted by Crippen LogP contribution is -2.37. The summed E-state index contributed by atoms with van der Waals surface area (Å²) in [4.78, 5) is 12.3. The predicted molar refractivity (Wildman–Crippen MR) is 90.1 cm³/mol. The first-order valence-corrected chi connectivity index (χ1v) is 8.70. The van der Waals surface area contributed by atoms with E-state index in [1.54, 1.807) is 11.8 Å². The van der Waals surface area contributed by atoms with Gasteiger partial charge in [-0.25, -0.2) is 8.78 Å². The number of nitrogens with zero attached hydrogens (tertiary/aromatic N) is 2. The highest BCUT2D eigenvalue weighted by Crippen LogP contribution is 2.28. The molecular formula is C15H14ClF2N3O2S. The van der Waals surface area contributed by atoms with Crippen molar-refractivity contribution in [2.24, 2.45) is 0 Å². The quantitative estimate of drug-likeness (QED) is 0.861. The van der Waals surface area contributed by atoms with E-state index in [2.05, 4.69) is 10.4 Å². The number of nitrogens with one attached hydrogen (secondary N) is 1. The van der Waals surface area contributed by atoms with Gasteiger partial charge in [-0.2, -0.15) is 21.5 Å². The number of hydrogen-bond donors (Lipinski definition) is 2. The van der Waals surface area contributed by atoms with Crippen LogP contribution in [0.25, 0.3) is 5.69 Å². The number of benzene rings is 1. The SMILES string of the molecule is O=c1c(Cl)c(NCC2(O)CCSC2)cnn1-c1ccc(F)cc1F. The average molecular weight is 374 g/mol. The first-order chi connectivity index (χ1) is 11.4. The van der Waals surface area contributed by atoms with E-state index in [4.69, 9.17) is 11.6 Å². The van der Waals surface area contributed by atoms with Gasteiger partial charge in [-0.15, -0.1) is 0 Å². The van der Waals surface area contributed by atoms with Crippen LogP contribution < -0.4 is 10.9 Å². The van der Waals surface area contributed by atoms with Crippen molar-refractivity contribution >= 4 is 29.1 Å². The summed E-state index contributed by atoms with van der Waals surface area (Å²) in [5, 5.41) is 16.9. The molecule has 2 aromatic rings. The Morgan fingerprint density at radius 2 is 2.25 bits per heavy atom. The van der Waals surface area contributed by atoms with Crippen LogP contribution in [0.2, 0.25) is 5.02 Å². The average Bonchev–Trinajstić information content (AvgIpc) is 2.97. The van der Waals surface area contributed by atoms with Crippen LogP contribution in [0, 0.1) is 11.6 Å². The van der Waals surface area contributed by atoms with E-state index in [9.17, 15) is 18.7 Å². The molecule has 1 aliphatic rings. The third-order valence-electron chi connectivity index (χ3n) is 3.75. The molecule has 128 valence electrons. The molecule has 1 aromatic heterocycles. The van der Waals surface area contributed by atoms with Gasteiger partial charge in [0, 0.05) is 18.4 Å². The van der Waals surface area contributed by atoms with Crippen LogP contribution in [-0.2, 0) is 0 Å². The second kappa shape index (κ2) is 6.70. The molecule has 1 aromatic carbocycles. The van der Waals surface area contributed by atoms with Gasteiger partial charge in [-0.05, 0) is 24.3 Å². The van der Waals surface area contributed by atoms with E-state index in [-0.39, 0.29) is 22.9 Å². The van der Waals surface area contributed by atoms with Crippen LogP contribution in [0.4, 0.5) is 14.5 Å². The zero-order valence-corrected chi connectivity index (χ0v) is 14.0. The summed E-state index contributed by atoms with van der Waals surface area (Å²) in [6, 6.07) is 2.80. The predicted octanol–water partition coefficient (Wildman–Crippen LogP) is 2.44. The molecule has 24 heavy (non-hydrogen) atoms. The summed E-state index contributed by atoms with van der Waals surface area (Å²) in [6.45, 7) is 0.232. The van der Waals surface area contributed by atoms with Crippen molar-refractivity contribution < 1.29 is 13.9 Å². The normalized spacial score (nSPS) is 20.3. The highest BCUT2D eigenvalue weighted by atomic mass is 35.5. The lowest BCUT2D eigenvalue weighted by atomic mass is 10.0. The number of anilines is 1. The number of rotatable bonds is 4. The van der Waals surface area contributed by atoms with Crippen LogP contribution in [0.5, 0.6) is 0 Å². The van der Waals surface area contributed by atoms with Gasteiger partial charge >= 0.3 is 0 Å². The fraction of sp³-hybridized carbons (Fsp3) is 0.333. The maximum absolute atomic E-state index is 13.8. The Bertz CT molecular complexity index is 825. The van der Waals surface area contributed by atoms with Crippen molar-refractivity contribution in [2.75, 3.05) is 23.4 Å². The maximum atomic E-state index is 13.8. The number of aliphatic hydroxyl groups is 1. The molecule has 0 amide bonds. The molecule has 3 rings (SSSR count). The fourth-order valence-corrected chi connectivity index (χ4v) is 3.87. The molecule has 0 spiro atoms. The standard InChI is InChI=1S/C15H14ClF2N3O2S/c16-13-11(19-7-15(23)3-4-24-8-15)6-20-21(14(13)22)12-2-1-9(17)5-10(12)18/h1-2,5-6,19,23H,3-4,7-8H2. The summed E-state index contributed by atoms with van der Waals surface area (Å²) in [5.41, 5.74) is -1.53. The molecule has 1 saturated heterocycles. The van der Waals surface area contributed by atoms with Crippen molar-refractivity contribution in [2.45, 2.75) is 12.0 Å². The molecule has 1 unspecified atom stereocenters. The van der Waals surface area contributed by atoms with Crippen LogP contribution in [-0.4, -0.2) is 38.5 Å². The van der Waals surface area contributed by atoms with E-state index in [1.807, 2.05) is 0 Å². The molecule has 2 N–H and O–H groups in total. The zero-order valence-electron chi connectivity index (χ0n) is 12.4. The Balaban J connectivity index is 1.87. The van der Waals surface area contributed by atoms with E-state index in [0.717, 1.165) is 22.6 Å². The fourth-order valence-electron chi connectivity index (χ4n) is 2.38. The van der Waals surface area contributed by atoms with Gasteiger partial charge < -0.3 is 10.4 Å². The third-order valence-corrected chi connectivity index (χ3v) is 5.35. The van der Waals surface area contributed by atoms with E-state index < -0.39 is 22.8 Å². The smallest absolute Gasteiger partial charge is 0.292 e. The van der Waals surface area contributed by atoms with Gasteiger partial charge in [-0.3, -0.25) is 4.79 Å². The van der Waals surface area contributed by atoms with Gasteiger partial charge in [0.15, 0.2) is 5.82 Å².